The van der Waals surface area contributed by atoms with E-state index in [1.54, 1.807) is 0 Å². The standard InChI is InChI=1S/C12H18OSi/c1-9(2)10(3)11-4-6-12(7-5-11)13-8-14/h4-7H,8H2,1-3,14H3. The summed E-state index contributed by atoms with van der Waals surface area (Å²) in [5.41, 5.74) is 4.00. The van der Waals surface area contributed by atoms with Gasteiger partial charge >= 0.3 is 0 Å². The van der Waals surface area contributed by atoms with Crippen LogP contribution in [0.15, 0.2) is 29.8 Å². The highest BCUT2D eigenvalue weighted by atomic mass is 28.1. The van der Waals surface area contributed by atoms with E-state index in [4.69, 9.17) is 4.74 Å². The number of hydrogen-bond donors (Lipinski definition) is 0. The molecule has 0 radical (unpaired) electrons. The molecule has 0 heterocycles. The molecule has 0 N–H and O–H groups in total. The first-order chi connectivity index (χ1) is 6.65. The summed E-state index contributed by atoms with van der Waals surface area (Å²) in [6, 6.07) is 8.32. The summed E-state index contributed by atoms with van der Waals surface area (Å²) in [5, 5.41) is 0. The Morgan fingerprint density at radius 3 is 2.14 bits per heavy atom. The van der Waals surface area contributed by atoms with Crippen LogP contribution >= 0.6 is 0 Å². The molecule has 0 amide bonds. The Balaban J connectivity index is 2.89. The van der Waals surface area contributed by atoms with Gasteiger partial charge < -0.3 is 4.74 Å². The van der Waals surface area contributed by atoms with E-state index in [1.165, 1.54) is 16.7 Å². The van der Waals surface area contributed by atoms with Gasteiger partial charge in [0.1, 0.15) is 5.75 Å². The Hall–Kier alpha value is -1.02. The number of hydrogen-bond acceptors (Lipinski definition) is 1. The quantitative estimate of drug-likeness (QED) is 0.689. The molecule has 1 rings (SSSR count). The van der Waals surface area contributed by atoms with Crippen molar-refractivity contribution in [3.63, 3.8) is 0 Å². The highest BCUT2D eigenvalue weighted by Crippen LogP contribution is 2.20. The lowest BCUT2D eigenvalue weighted by Crippen LogP contribution is -1.95. The molecule has 0 spiro atoms. The van der Waals surface area contributed by atoms with E-state index in [0.29, 0.717) is 0 Å². The molecule has 0 bridgehead atoms. The lowest BCUT2D eigenvalue weighted by Gasteiger charge is -2.06. The Morgan fingerprint density at radius 2 is 1.71 bits per heavy atom. The van der Waals surface area contributed by atoms with Crippen molar-refractivity contribution in [1.82, 2.24) is 0 Å². The van der Waals surface area contributed by atoms with E-state index in [1.807, 2.05) is 12.1 Å². The monoisotopic (exact) mass is 206 g/mol. The smallest absolute Gasteiger partial charge is 0.118 e. The molecule has 0 aromatic heterocycles. The molecule has 0 atom stereocenters. The number of allylic oxidation sites excluding steroid dienone is 2. The van der Waals surface area contributed by atoms with Crippen molar-refractivity contribution in [3.8, 4) is 5.75 Å². The molecule has 14 heavy (non-hydrogen) atoms. The van der Waals surface area contributed by atoms with Gasteiger partial charge in [-0.2, -0.15) is 0 Å². The lowest BCUT2D eigenvalue weighted by atomic mass is 10.0. The first kappa shape index (κ1) is 11.1. The van der Waals surface area contributed by atoms with Gasteiger partial charge in [-0.05, 0) is 44.0 Å². The normalized spacial score (nSPS) is 9.93. The highest BCUT2D eigenvalue weighted by molar-refractivity contribution is 6.08. The van der Waals surface area contributed by atoms with Gasteiger partial charge in [0.25, 0.3) is 0 Å². The van der Waals surface area contributed by atoms with E-state index in [0.717, 1.165) is 22.2 Å². The van der Waals surface area contributed by atoms with Gasteiger partial charge in [0.15, 0.2) is 0 Å². The molecule has 0 aliphatic rings. The second-order valence-corrected chi connectivity index (χ2v) is 4.16. The first-order valence-electron chi connectivity index (χ1n) is 5.02. The topological polar surface area (TPSA) is 9.23 Å². The third-order valence-electron chi connectivity index (χ3n) is 2.35. The van der Waals surface area contributed by atoms with E-state index in [9.17, 15) is 0 Å². The predicted octanol–water partition coefficient (Wildman–Crippen LogP) is 2.20. The summed E-state index contributed by atoms with van der Waals surface area (Å²) >= 11 is 0. The minimum atomic E-state index is 0.862. The summed E-state index contributed by atoms with van der Waals surface area (Å²) in [6.45, 7) is 6.42. The van der Waals surface area contributed by atoms with E-state index >= 15 is 0 Å². The third-order valence-corrected chi connectivity index (χ3v) is 2.64. The van der Waals surface area contributed by atoms with E-state index in [2.05, 4.69) is 32.9 Å². The summed E-state index contributed by atoms with van der Waals surface area (Å²) in [4.78, 5) is 0. The number of benzene rings is 1. The van der Waals surface area contributed by atoms with Crippen molar-refractivity contribution in [2.45, 2.75) is 20.8 Å². The van der Waals surface area contributed by atoms with Gasteiger partial charge in [0, 0.05) is 0 Å². The molecule has 0 unspecified atom stereocenters. The van der Waals surface area contributed by atoms with Crippen molar-refractivity contribution in [2.75, 3.05) is 6.23 Å². The van der Waals surface area contributed by atoms with Crippen molar-refractivity contribution in [3.05, 3.63) is 35.4 Å². The zero-order valence-corrected chi connectivity index (χ0v) is 11.4. The van der Waals surface area contributed by atoms with Gasteiger partial charge in [0.05, 0.1) is 16.5 Å². The van der Waals surface area contributed by atoms with Gasteiger partial charge in [-0.25, -0.2) is 0 Å². The van der Waals surface area contributed by atoms with Crippen molar-refractivity contribution in [1.29, 1.82) is 0 Å². The van der Waals surface area contributed by atoms with E-state index in [-0.39, 0.29) is 0 Å². The highest BCUT2D eigenvalue weighted by Gasteiger charge is 1.97. The summed E-state index contributed by atoms with van der Waals surface area (Å²) < 4.78 is 5.45. The molecule has 0 saturated heterocycles. The van der Waals surface area contributed by atoms with Crippen LogP contribution in [0.25, 0.3) is 5.57 Å². The molecular formula is C12H18OSi. The second-order valence-electron chi connectivity index (χ2n) is 3.58. The average molecular weight is 206 g/mol. The van der Waals surface area contributed by atoms with Crippen molar-refractivity contribution < 1.29 is 4.74 Å². The van der Waals surface area contributed by atoms with Crippen LogP contribution in [0.3, 0.4) is 0 Å². The van der Waals surface area contributed by atoms with Gasteiger partial charge in [-0.15, -0.1) is 0 Å². The van der Waals surface area contributed by atoms with Crippen molar-refractivity contribution >= 4 is 15.8 Å². The van der Waals surface area contributed by atoms with Crippen LogP contribution in [0.4, 0.5) is 0 Å². The molecule has 0 aliphatic heterocycles. The largest absolute Gasteiger partial charge is 0.498 e. The molecule has 1 aromatic rings. The second kappa shape index (κ2) is 5.01. The molecule has 0 saturated carbocycles. The first-order valence-corrected chi connectivity index (χ1v) is 6.44. The zero-order valence-electron chi connectivity index (χ0n) is 9.42. The van der Waals surface area contributed by atoms with Crippen LogP contribution in [0.2, 0.25) is 0 Å². The van der Waals surface area contributed by atoms with E-state index < -0.39 is 0 Å². The summed E-state index contributed by atoms with van der Waals surface area (Å²) in [7, 11) is 1.08. The number of ether oxygens (including phenoxy) is 1. The van der Waals surface area contributed by atoms with Crippen LogP contribution in [-0.2, 0) is 0 Å². The Kier molecular flexibility index (Phi) is 3.95. The fraction of sp³-hybridized carbons (Fsp3) is 0.333. The molecule has 2 heteroatoms. The molecule has 1 nitrogen and oxygen atoms in total. The van der Waals surface area contributed by atoms with Crippen LogP contribution in [0, 0.1) is 0 Å². The Morgan fingerprint density at radius 1 is 1.14 bits per heavy atom. The minimum absolute atomic E-state index is 0.862. The van der Waals surface area contributed by atoms with Crippen LogP contribution in [0.1, 0.15) is 26.3 Å². The van der Waals surface area contributed by atoms with Crippen LogP contribution in [-0.4, -0.2) is 16.5 Å². The van der Waals surface area contributed by atoms with Crippen molar-refractivity contribution in [2.24, 2.45) is 0 Å². The third kappa shape index (κ3) is 2.74. The van der Waals surface area contributed by atoms with Crippen LogP contribution < -0.4 is 4.74 Å². The van der Waals surface area contributed by atoms with Crippen LogP contribution in [0.5, 0.6) is 5.75 Å². The fourth-order valence-corrected chi connectivity index (χ4v) is 1.59. The fourth-order valence-electron chi connectivity index (χ4n) is 1.26. The Bertz CT molecular complexity index is 321. The predicted molar refractivity (Wildman–Crippen MR) is 65.8 cm³/mol. The average Bonchev–Trinajstić information content (AvgIpc) is 2.18. The zero-order chi connectivity index (χ0) is 10.6. The summed E-state index contributed by atoms with van der Waals surface area (Å²) in [5.74, 6) is 0.977. The maximum atomic E-state index is 5.45. The molecule has 0 aliphatic carbocycles. The molecule has 1 aromatic carbocycles. The molecular weight excluding hydrogens is 188 g/mol. The maximum Gasteiger partial charge on any atom is 0.118 e. The Labute approximate surface area is 89.2 Å². The number of rotatable bonds is 3. The maximum absolute atomic E-state index is 5.45. The SMILES string of the molecule is CC(C)=C(C)c1ccc(OC[SiH3])cc1. The van der Waals surface area contributed by atoms with Gasteiger partial charge in [-0.3, -0.25) is 0 Å². The van der Waals surface area contributed by atoms with Gasteiger partial charge in [0.2, 0.25) is 0 Å². The summed E-state index contributed by atoms with van der Waals surface area (Å²) in [6.07, 6.45) is 0.862. The minimum Gasteiger partial charge on any atom is -0.498 e. The molecule has 0 fully saturated rings. The lowest BCUT2D eigenvalue weighted by molar-refractivity contribution is 0.387. The van der Waals surface area contributed by atoms with Gasteiger partial charge in [-0.1, -0.05) is 17.7 Å². The molecule has 76 valence electrons.